The summed E-state index contributed by atoms with van der Waals surface area (Å²) in [4.78, 5) is 32.5. The zero-order valence-electron chi connectivity index (χ0n) is 17.3. The third kappa shape index (κ3) is 5.57. The molecule has 0 radical (unpaired) electrons. The number of guanidine groups is 1. The molecule has 2 fully saturated rings. The van der Waals surface area contributed by atoms with Gasteiger partial charge in [0.05, 0.1) is 0 Å². The minimum atomic E-state index is -0.755. The highest BCUT2D eigenvalue weighted by Crippen LogP contribution is 2.20. The van der Waals surface area contributed by atoms with E-state index < -0.39 is 5.54 Å². The Labute approximate surface area is 163 Å². The summed E-state index contributed by atoms with van der Waals surface area (Å²) >= 11 is 0. The van der Waals surface area contributed by atoms with Crippen molar-refractivity contribution in [2.24, 2.45) is 4.99 Å². The van der Waals surface area contributed by atoms with Crippen molar-refractivity contribution >= 4 is 17.9 Å². The Kier molecular flexibility index (Phi) is 7.89. The van der Waals surface area contributed by atoms with Gasteiger partial charge in [0.15, 0.2) is 5.96 Å². The lowest BCUT2D eigenvalue weighted by atomic mass is 9.99. The standard InChI is InChI=1S/C19H36N6O2/c1-5-11-24-13-8-15(9-14-24)22-17(20-4)21-10-7-12-25-16(26)19(3,6-2)23-18(25)27/h15H,5-14H2,1-4H3,(H,23,27)(H2,20,21,22). The molecular formula is C19H36N6O2. The summed E-state index contributed by atoms with van der Waals surface area (Å²) in [5, 5.41) is 9.57. The Morgan fingerprint density at radius 1 is 1.26 bits per heavy atom. The highest BCUT2D eigenvalue weighted by atomic mass is 16.2. The third-order valence-electron chi connectivity index (χ3n) is 5.60. The molecule has 3 N–H and O–H groups in total. The predicted molar refractivity (Wildman–Crippen MR) is 108 cm³/mol. The van der Waals surface area contributed by atoms with Crippen LogP contribution in [0.15, 0.2) is 4.99 Å². The predicted octanol–water partition coefficient (Wildman–Crippen LogP) is 1.14. The SMILES string of the molecule is CCCN1CCC(NC(=NC)NCCCN2C(=O)NC(C)(CC)C2=O)CC1. The molecule has 0 aromatic rings. The molecule has 1 atom stereocenters. The molecular weight excluding hydrogens is 344 g/mol. The largest absolute Gasteiger partial charge is 0.356 e. The van der Waals surface area contributed by atoms with Crippen LogP contribution in [0.5, 0.6) is 0 Å². The molecule has 2 aliphatic rings. The normalized spacial score (nSPS) is 25.0. The van der Waals surface area contributed by atoms with Crippen LogP contribution in [0.3, 0.4) is 0 Å². The topological polar surface area (TPSA) is 89.1 Å². The van der Waals surface area contributed by atoms with E-state index in [0.29, 0.717) is 32.0 Å². The van der Waals surface area contributed by atoms with Gasteiger partial charge in [-0.05, 0) is 45.6 Å². The number of carbonyl (C=O) groups is 2. The van der Waals surface area contributed by atoms with Crippen LogP contribution < -0.4 is 16.0 Å². The number of rotatable bonds is 8. The second-order valence-corrected chi connectivity index (χ2v) is 7.69. The smallest absolute Gasteiger partial charge is 0.325 e. The van der Waals surface area contributed by atoms with Crippen LogP contribution in [-0.2, 0) is 4.79 Å². The molecule has 8 heteroatoms. The fourth-order valence-corrected chi connectivity index (χ4v) is 3.64. The molecule has 3 amide bonds. The lowest BCUT2D eigenvalue weighted by molar-refractivity contribution is -0.130. The van der Waals surface area contributed by atoms with Crippen LogP contribution in [0, 0.1) is 0 Å². The molecule has 2 saturated heterocycles. The second kappa shape index (κ2) is 9.92. The van der Waals surface area contributed by atoms with Crippen molar-refractivity contribution in [3.05, 3.63) is 0 Å². The van der Waals surface area contributed by atoms with Gasteiger partial charge < -0.3 is 20.9 Å². The number of nitrogens with zero attached hydrogens (tertiary/aromatic N) is 3. The summed E-state index contributed by atoms with van der Waals surface area (Å²) in [6.45, 7) is 10.4. The fraction of sp³-hybridized carbons (Fsp3) is 0.842. The summed E-state index contributed by atoms with van der Waals surface area (Å²) in [5.41, 5.74) is -0.755. The van der Waals surface area contributed by atoms with E-state index in [0.717, 1.165) is 31.9 Å². The monoisotopic (exact) mass is 380 g/mol. The first-order chi connectivity index (χ1) is 12.9. The van der Waals surface area contributed by atoms with Crippen molar-refractivity contribution in [1.82, 2.24) is 25.8 Å². The highest BCUT2D eigenvalue weighted by Gasteiger charge is 2.45. The molecule has 0 aromatic heterocycles. The van der Waals surface area contributed by atoms with Crippen LogP contribution >= 0.6 is 0 Å². The first-order valence-corrected chi connectivity index (χ1v) is 10.3. The maximum Gasteiger partial charge on any atom is 0.325 e. The molecule has 8 nitrogen and oxygen atoms in total. The molecule has 1 unspecified atom stereocenters. The van der Waals surface area contributed by atoms with Crippen molar-refractivity contribution < 1.29 is 9.59 Å². The van der Waals surface area contributed by atoms with E-state index in [1.165, 1.54) is 17.9 Å². The number of carbonyl (C=O) groups excluding carboxylic acids is 2. The van der Waals surface area contributed by atoms with Crippen molar-refractivity contribution in [2.75, 3.05) is 39.8 Å². The Morgan fingerprint density at radius 3 is 2.52 bits per heavy atom. The molecule has 0 saturated carbocycles. The first-order valence-electron chi connectivity index (χ1n) is 10.3. The van der Waals surface area contributed by atoms with Gasteiger partial charge >= 0.3 is 6.03 Å². The molecule has 0 spiro atoms. The first kappa shape index (κ1) is 21.5. The van der Waals surface area contributed by atoms with Crippen molar-refractivity contribution in [3.63, 3.8) is 0 Å². The average Bonchev–Trinajstić information content (AvgIpc) is 2.89. The summed E-state index contributed by atoms with van der Waals surface area (Å²) in [5.74, 6) is 0.663. The number of piperidine rings is 1. The number of amides is 3. The van der Waals surface area contributed by atoms with Gasteiger partial charge in [-0.3, -0.25) is 14.7 Å². The van der Waals surface area contributed by atoms with Crippen LogP contribution in [0.2, 0.25) is 0 Å². The maximum atomic E-state index is 12.4. The van der Waals surface area contributed by atoms with E-state index in [9.17, 15) is 9.59 Å². The molecule has 154 valence electrons. The molecule has 0 bridgehead atoms. The van der Waals surface area contributed by atoms with Crippen LogP contribution in [-0.4, -0.2) is 79.0 Å². The lowest BCUT2D eigenvalue weighted by Crippen LogP contribution is -2.49. The Balaban J connectivity index is 1.68. The summed E-state index contributed by atoms with van der Waals surface area (Å²) in [7, 11) is 1.77. The van der Waals surface area contributed by atoms with E-state index in [4.69, 9.17) is 0 Å². The van der Waals surface area contributed by atoms with Crippen molar-refractivity contribution in [2.45, 2.75) is 64.5 Å². The average molecular weight is 381 g/mol. The van der Waals surface area contributed by atoms with E-state index in [1.807, 2.05) is 6.92 Å². The zero-order valence-corrected chi connectivity index (χ0v) is 17.3. The van der Waals surface area contributed by atoms with E-state index in [1.54, 1.807) is 14.0 Å². The van der Waals surface area contributed by atoms with Gasteiger partial charge in [-0.15, -0.1) is 0 Å². The second-order valence-electron chi connectivity index (χ2n) is 7.69. The van der Waals surface area contributed by atoms with Crippen LogP contribution in [0.25, 0.3) is 0 Å². The third-order valence-corrected chi connectivity index (χ3v) is 5.60. The van der Waals surface area contributed by atoms with Gasteiger partial charge in [0.1, 0.15) is 5.54 Å². The Hall–Kier alpha value is -1.83. The summed E-state index contributed by atoms with van der Waals surface area (Å²) in [6.07, 6.45) is 4.74. The lowest BCUT2D eigenvalue weighted by Gasteiger charge is -2.32. The Morgan fingerprint density at radius 2 is 1.96 bits per heavy atom. The summed E-state index contributed by atoms with van der Waals surface area (Å²) in [6, 6.07) is 0.159. The number of hydrogen-bond donors (Lipinski definition) is 3. The van der Waals surface area contributed by atoms with Crippen molar-refractivity contribution in [1.29, 1.82) is 0 Å². The number of imide groups is 1. The van der Waals surface area contributed by atoms with Gasteiger partial charge in [0.25, 0.3) is 5.91 Å². The maximum absolute atomic E-state index is 12.4. The molecule has 2 aliphatic heterocycles. The van der Waals surface area contributed by atoms with E-state index >= 15 is 0 Å². The van der Waals surface area contributed by atoms with Gasteiger partial charge in [-0.2, -0.15) is 0 Å². The molecule has 2 heterocycles. The molecule has 0 aliphatic carbocycles. The minimum absolute atomic E-state index is 0.128. The highest BCUT2D eigenvalue weighted by molar-refractivity contribution is 6.06. The zero-order chi connectivity index (χ0) is 19.9. The van der Waals surface area contributed by atoms with E-state index in [2.05, 4.69) is 32.8 Å². The number of likely N-dealkylation sites (tertiary alicyclic amines) is 1. The number of nitrogens with one attached hydrogen (secondary N) is 3. The van der Waals surface area contributed by atoms with Gasteiger partial charge in [-0.25, -0.2) is 4.79 Å². The Bertz CT molecular complexity index is 544. The molecule has 2 rings (SSSR count). The van der Waals surface area contributed by atoms with Crippen LogP contribution in [0.1, 0.15) is 52.9 Å². The number of aliphatic imine (C=N–C) groups is 1. The summed E-state index contributed by atoms with van der Waals surface area (Å²) < 4.78 is 0. The molecule has 27 heavy (non-hydrogen) atoms. The number of hydrogen-bond acceptors (Lipinski definition) is 4. The van der Waals surface area contributed by atoms with Gasteiger partial charge in [-0.1, -0.05) is 13.8 Å². The van der Waals surface area contributed by atoms with Crippen LogP contribution in [0.4, 0.5) is 4.79 Å². The van der Waals surface area contributed by atoms with Gasteiger partial charge in [0.2, 0.25) is 0 Å². The number of urea groups is 1. The van der Waals surface area contributed by atoms with E-state index in [-0.39, 0.29) is 11.9 Å². The quantitative estimate of drug-likeness (QED) is 0.254. The van der Waals surface area contributed by atoms with Crippen molar-refractivity contribution in [3.8, 4) is 0 Å². The minimum Gasteiger partial charge on any atom is -0.356 e. The fourth-order valence-electron chi connectivity index (χ4n) is 3.64. The van der Waals surface area contributed by atoms with Gasteiger partial charge in [0, 0.05) is 39.3 Å². The molecule has 0 aromatic carbocycles.